The van der Waals surface area contributed by atoms with Crippen LogP contribution in [-0.2, 0) is 13.5 Å². The van der Waals surface area contributed by atoms with Crippen molar-refractivity contribution >= 4 is 10.8 Å². The maximum absolute atomic E-state index is 12.8. The fourth-order valence-corrected chi connectivity index (χ4v) is 3.35. The summed E-state index contributed by atoms with van der Waals surface area (Å²) in [4.78, 5) is 12.8. The molecule has 0 saturated heterocycles. The van der Waals surface area contributed by atoms with E-state index in [1.165, 1.54) is 11.1 Å². The second-order valence-corrected chi connectivity index (χ2v) is 5.83. The van der Waals surface area contributed by atoms with Crippen LogP contribution in [0, 0.1) is 6.92 Å². The average molecular weight is 291 g/mol. The molecule has 0 amide bonds. The topological polar surface area (TPSA) is 31.2 Å². The normalized spacial score (nSPS) is 13.2. The monoisotopic (exact) mass is 291 g/mol. The second-order valence-electron chi connectivity index (χ2n) is 5.83. The molecule has 0 radical (unpaired) electrons. The summed E-state index contributed by atoms with van der Waals surface area (Å²) in [5.41, 5.74) is 4.40. The van der Waals surface area contributed by atoms with E-state index < -0.39 is 0 Å². The van der Waals surface area contributed by atoms with Crippen LogP contribution in [0.15, 0.2) is 47.3 Å². The van der Waals surface area contributed by atoms with Crippen LogP contribution in [0.3, 0.4) is 0 Å². The molecule has 0 spiro atoms. The Bertz CT molecular complexity index is 954. The van der Waals surface area contributed by atoms with Crippen LogP contribution in [0.4, 0.5) is 0 Å². The molecule has 0 unspecified atom stereocenters. The molecule has 1 aliphatic heterocycles. The Labute approximate surface area is 128 Å². The van der Waals surface area contributed by atoms with Crippen LogP contribution in [0.1, 0.15) is 11.1 Å². The SMILES string of the molecule is Cc1ccc2c(=O)n(C)c3c(c2c1)CCOc1ccccc1-3. The molecule has 0 bridgehead atoms. The van der Waals surface area contributed by atoms with Gasteiger partial charge in [-0.25, -0.2) is 0 Å². The van der Waals surface area contributed by atoms with Crippen molar-refractivity contribution in [2.75, 3.05) is 6.61 Å². The number of fused-ring (bicyclic) bond motifs is 5. The van der Waals surface area contributed by atoms with Crippen LogP contribution in [0.2, 0.25) is 0 Å². The Morgan fingerprint density at radius 3 is 2.77 bits per heavy atom. The predicted molar refractivity (Wildman–Crippen MR) is 88.6 cm³/mol. The van der Waals surface area contributed by atoms with E-state index in [4.69, 9.17) is 4.74 Å². The van der Waals surface area contributed by atoms with Gasteiger partial charge in [0.1, 0.15) is 5.75 Å². The Hall–Kier alpha value is -2.55. The molecule has 3 heteroatoms. The molecule has 1 aliphatic rings. The molecular formula is C19H17NO2. The standard InChI is InChI=1S/C19H17NO2/c1-12-7-8-14-16(11-12)13-9-10-22-17-6-4-3-5-15(17)18(13)20(2)19(14)21/h3-8,11H,9-10H2,1-2H3. The zero-order valence-corrected chi connectivity index (χ0v) is 12.7. The van der Waals surface area contributed by atoms with Gasteiger partial charge < -0.3 is 9.30 Å². The lowest BCUT2D eigenvalue weighted by Crippen LogP contribution is -2.20. The molecule has 2 heterocycles. The number of aryl methyl sites for hydroxylation is 1. The summed E-state index contributed by atoms with van der Waals surface area (Å²) in [6, 6.07) is 14.0. The third-order valence-electron chi connectivity index (χ3n) is 4.41. The molecule has 22 heavy (non-hydrogen) atoms. The third-order valence-corrected chi connectivity index (χ3v) is 4.41. The van der Waals surface area contributed by atoms with E-state index in [9.17, 15) is 4.79 Å². The second kappa shape index (κ2) is 4.73. The number of nitrogens with zero attached hydrogens (tertiary/aromatic N) is 1. The van der Waals surface area contributed by atoms with E-state index in [1.807, 2.05) is 43.4 Å². The molecule has 0 saturated carbocycles. The summed E-state index contributed by atoms with van der Waals surface area (Å²) in [5.74, 6) is 0.850. The van der Waals surface area contributed by atoms with Gasteiger partial charge in [-0.05, 0) is 36.1 Å². The predicted octanol–water partition coefficient (Wildman–Crippen LogP) is 3.45. The van der Waals surface area contributed by atoms with Gasteiger partial charge in [-0.2, -0.15) is 0 Å². The van der Waals surface area contributed by atoms with E-state index in [-0.39, 0.29) is 5.56 Å². The van der Waals surface area contributed by atoms with E-state index in [1.54, 1.807) is 4.57 Å². The number of hydrogen-bond donors (Lipinski definition) is 0. The average Bonchev–Trinajstić information content (AvgIpc) is 2.72. The van der Waals surface area contributed by atoms with Crippen molar-refractivity contribution in [2.45, 2.75) is 13.3 Å². The molecule has 3 nitrogen and oxygen atoms in total. The fourth-order valence-electron chi connectivity index (χ4n) is 3.35. The first-order valence-electron chi connectivity index (χ1n) is 7.51. The summed E-state index contributed by atoms with van der Waals surface area (Å²) >= 11 is 0. The number of aromatic nitrogens is 1. The molecule has 0 aliphatic carbocycles. The molecule has 0 fully saturated rings. The number of benzene rings is 2. The number of pyridine rings is 1. The van der Waals surface area contributed by atoms with Crippen LogP contribution < -0.4 is 10.3 Å². The van der Waals surface area contributed by atoms with Crippen molar-refractivity contribution in [3.8, 4) is 17.0 Å². The highest BCUT2D eigenvalue weighted by Gasteiger charge is 2.21. The van der Waals surface area contributed by atoms with Gasteiger partial charge in [0, 0.05) is 24.4 Å². The van der Waals surface area contributed by atoms with Crippen molar-refractivity contribution in [3.05, 3.63) is 63.9 Å². The van der Waals surface area contributed by atoms with Gasteiger partial charge in [-0.1, -0.05) is 29.8 Å². The first kappa shape index (κ1) is 13.1. The molecule has 0 N–H and O–H groups in total. The van der Waals surface area contributed by atoms with Gasteiger partial charge in [-0.15, -0.1) is 0 Å². The van der Waals surface area contributed by atoms with E-state index in [0.29, 0.717) is 6.61 Å². The lowest BCUT2D eigenvalue weighted by atomic mass is 9.96. The largest absolute Gasteiger partial charge is 0.493 e. The zero-order chi connectivity index (χ0) is 15.3. The molecule has 4 rings (SSSR count). The van der Waals surface area contributed by atoms with Crippen molar-refractivity contribution in [2.24, 2.45) is 7.05 Å². The lowest BCUT2D eigenvalue weighted by molar-refractivity contribution is 0.327. The Kier molecular flexibility index (Phi) is 2.83. The van der Waals surface area contributed by atoms with Gasteiger partial charge in [0.15, 0.2) is 0 Å². The van der Waals surface area contributed by atoms with Crippen LogP contribution in [0.5, 0.6) is 5.75 Å². The Morgan fingerprint density at radius 1 is 1.09 bits per heavy atom. The van der Waals surface area contributed by atoms with Gasteiger partial charge in [0.2, 0.25) is 0 Å². The summed E-state index contributed by atoms with van der Waals surface area (Å²) in [5, 5.41) is 1.84. The first-order valence-corrected chi connectivity index (χ1v) is 7.51. The summed E-state index contributed by atoms with van der Waals surface area (Å²) < 4.78 is 7.65. The molecule has 0 atom stereocenters. The van der Waals surface area contributed by atoms with Crippen molar-refractivity contribution in [1.82, 2.24) is 4.57 Å². The summed E-state index contributed by atoms with van der Waals surface area (Å²) in [6.07, 6.45) is 0.804. The van der Waals surface area contributed by atoms with Crippen molar-refractivity contribution in [3.63, 3.8) is 0 Å². The molecule has 1 aromatic heterocycles. The van der Waals surface area contributed by atoms with Gasteiger partial charge in [0.25, 0.3) is 5.56 Å². The third kappa shape index (κ3) is 1.78. The molecular weight excluding hydrogens is 274 g/mol. The number of rotatable bonds is 0. The zero-order valence-electron chi connectivity index (χ0n) is 12.7. The minimum atomic E-state index is 0.0467. The number of ether oxygens (including phenoxy) is 1. The van der Waals surface area contributed by atoms with Crippen LogP contribution >= 0.6 is 0 Å². The minimum absolute atomic E-state index is 0.0467. The van der Waals surface area contributed by atoms with E-state index in [0.717, 1.165) is 34.2 Å². The molecule has 3 aromatic rings. The van der Waals surface area contributed by atoms with Crippen molar-refractivity contribution in [1.29, 1.82) is 0 Å². The molecule has 110 valence electrons. The van der Waals surface area contributed by atoms with Gasteiger partial charge in [0.05, 0.1) is 12.3 Å². The quantitative estimate of drug-likeness (QED) is 0.635. The van der Waals surface area contributed by atoms with Gasteiger partial charge >= 0.3 is 0 Å². The Morgan fingerprint density at radius 2 is 1.91 bits per heavy atom. The smallest absolute Gasteiger partial charge is 0.258 e. The minimum Gasteiger partial charge on any atom is -0.493 e. The maximum Gasteiger partial charge on any atom is 0.258 e. The first-order chi connectivity index (χ1) is 10.7. The van der Waals surface area contributed by atoms with Crippen LogP contribution in [0.25, 0.3) is 22.0 Å². The van der Waals surface area contributed by atoms with Crippen molar-refractivity contribution < 1.29 is 4.74 Å². The summed E-state index contributed by atoms with van der Waals surface area (Å²) in [7, 11) is 1.85. The fraction of sp³-hybridized carbons (Fsp3) is 0.211. The highest BCUT2D eigenvalue weighted by molar-refractivity contribution is 5.91. The summed E-state index contributed by atoms with van der Waals surface area (Å²) in [6.45, 7) is 2.69. The lowest BCUT2D eigenvalue weighted by Gasteiger charge is -2.16. The van der Waals surface area contributed by atoms with Crippen LogP contribution in [-0.4, -0.2) is 11.2 Å². The van der Waals surface area contributed by atoms with E-state index in [2.05, 4.69) is 13.0 Å². The Balaban J connectivity index is 2.21. The highest BCUT2D eigenvalue weighted by Crippen LogP contribution is 2.36. The number of para-hydroxylation sites is 1. The maximum atomic E-state index is 12.8. The van der Waals surface area contributed by atoms with E-state index >= 15 is 0 Å². The number of hydrogen-bond acceptors (Lipinski definition) is 2. The molecule has 2 aromatic carbocycles. The highest BCUT2D eigenvalue weighted by atomic mass is 16.5. The van der Waals surface area contributed by atoms with Gasteiger partial charge in [-0.3, -0.25) is 4.79 Å².